The van der Waals surface area contributed by atoms with Gasteiger partial charge in [0.15, 0.2) is 0 Å². The van der Waals surface area contributed by atoms with E-state index in [2.05, 4.69) is 0 Å². The Labute approximate surface area is 135 Å². The van der Waals surface area contributed by atoms with E-state index < -0.39 is 12.5 Å². The van der Waals surface area contributed by atoms with Gasteiger partial charge < -0.3 is 10.8 Å². The van der Waals surface area contributed by atoms with Crippen LogP contribution in [0.15, 0.2) is 42.5 Å². The van der Waals surface area contributed by atoms with Crippen LogP contribution in [-0.4, -0.2) is 23.5 Å². The van der Waals surface area contributed by atoms with Crippen LogP contribution in [0.2, 0.25) is 0 Å². The van der Waals surface area contributed by atoms with Crippen molar-refractivity contribution in [3.05, 3.63) is 64.7 Å². The summed E-state index contributed by atoms with van der Waals surface area (Å²) >= 11 is 0. The predicted octanol–water partition coefficient (Wildman–Crippen LogP) is 2.49. The maximum absolute atomic E-state index is 12.8. The number of anilines is 1. The molecule has 0 radical (unpaired) electrons. The smallest absolute Gasteiger partial charge is 0.323 e. The van der Waals surface area contributed by atoms with Crippen LogP contribution in [0, 0.1) is 13.8 Å². The Morgan fingerprint density at radius 3 is 2.52 bits per heavy atom. The normalized spacial score (nSPS) is 10.4. The maximum Gasteiger partial charge on any atom is 0.323 e. The molecule has 0 heterocycles. The summed E-state index contributed by atoms with van der Waals surface area (Å²) < 4.78 is 0. The van der Waals surface area contributed by atoms with Gasteiger partial charge in [-0.3, -0.25) is 14.5 Å². The van der Waals surface area contributed by atoms with Crippen molar-refractivity contribution in [1.82, 2.24) is 0 Å². The SMILES string of the molecule is Cc1ccc(C)c(N(CC(=O)O)C(=O)c2cccc(CN)c2)c1. The van der Waals surface area contributed by atoms with E-state index in [0.29, 0.717) is 17.8 Å². The van der Waals surface area contributed by atoms with Crippen LogP contribution in [0.3, 0.4) is 0 Å². The zero-order valence-electron chi connectivity index (χ0n) is 13.2. The average Bonchev–Trinajstić information content (AvgIpc) is 2.54. The second-order valence-electron chi connectivity index (χ2n) is 5.48. The van der Waals surface area contributed by atoms with E-state index in [1.165, 1.54) is 4.90 Å². The number of nitrogens with zero attached hydrogens (tertiary/aromatic N) is 1. The highest BCUT2D eigenvalue weighted by Crippen LogP contribution is 2.23. The lowest BCUT2D eigenvalue weighted by Gasteiger charge is -2.23. The molecule has 0 aromatic heterocycles. The minimum absolute atomic E-state index is 0.323. The highest BCUT2D eigenvalue weighted by Gasteiger charge is 2.22. The standard InChI is InChI=1S/C18H20N2O3/c1-12-6-7-13(2)16(8-12)20(11-17(21)22)18(23)15-5-3-4-14(9-15)10-19/h3-9H,10-11,19H2,1-2H3,(H,21,22). The largest absolute Gasteiger partial charge is 0.480 e. The van der Waals surface area contributed by atoms with Crippen LogP contribution in [0.5, 0.6) is 0 Å². The molecule has 0 atom stereocenters. The molecule has 2 rings (SSSR count). The number of hydrogen-bond donors (Lipinski definition) is 2. The van der Waals surface area contributed by atoms with Crippen molar-refractivity contribution in [2.24, 2.45) is 5.73 Å². The monoisotopic (exact) mass is 312 g/mol. The highest BCUT2D eigenvalue weighted by atomic mass is 16.4. The van der Waals surface area contributed by atoms with Crippen LogP contribution in [0.4, 0.5) is 5.69 Å². The van der Waals surface area contributed by atoms with Crippen molar-refractivity contribution in [2.45, 2.75) is 20.4 Å². The molecule has 3 N–H and O–H groups in total. The maximum atomic E-state index is 12.8. The Balaban J connectivity index is 2.47. The summed E-state index contributed by atoms with van der Waals surface area (Å²) in [6.45, 7) is 3.69. The third-order valence-corrected chi connectivity index (χ3v) is 3.60. The third-order valence-electron chi connectivity index (χ3n) is 3.60. The van der Waals surface area contributed by atoms with Gasteiger partial charge in [-0.05, 0) is 48.7 Å². The second kappa shape index (κ2) is 7.07. The fraction of sp³-hybridized carbons (Fsp3) is 0.222. The van der Waals surface area contributed by atoms with Gasteiger partial charge in [-0.15, -0.1) is 0 Å². The summed E-state index contributed by atoms with van der Waals surface area (Å²) in [5.74, 6) is -1.41. The van der Waals surface area contributed by atoms with E-state index in [-0.39, 0.29) is 5.91 Å². The van der Waals surface area contributed by atoms with Crippen LogP contribution in [-0.2, 0) is 11.3 Å². The Kier molecular flexibility index (Phi) is 5.13. The van der Waals surface area contributed by atoms with Gasteiger partial charge in [0.05, 0.1) is 0 Å². The van der Waals surface area contributed by atoms with E-state index in [4.69, 9.17) is 5.73 Å². The number of benzene rings is 2. The van der Waals surface area contributed by atoms with Gasteiger partial charge in [0.1, 0.15) is 6.54 Å². The molecule has 0 aliphatic rings. The lowest BCUT2D eigenvalue weighted by molar-refractivity contribution is -0.135. The first-order chi connectivity index (χ1) is 10.9. The van der Waals surface area contributed by atoms with Crippen molar-refractivity contribution in [3.63, 3.8) is 0 Å². The Morgan fingerprint density at radius 1 is 1.13 bits per heavy atom. The minimum atomic E-state index is -1.06. The van der Waals surface area contributed by atoms with Crippen molar-refractivity contribution in [2.75, 3.05) is 11.4 Å². The van der Waals surface area contributed by atoms with E-state index >= 15 is 0 Å². The summed E-state index contributed by atoms with van der Waals surface area (Å²) in [5, 5.41) is 9.19. The van der Waals surface area contributed by atoms with Crippen molar-refractivity contribution < 1.29 is 14.7 Å². The fourth-order valence-corrected chi connectivity index (χ4v) is 2.40. The first-order valence-electron chi connectivity index (χ1n) is 7.32. The molecule has 2 aromatic carbocycles. The average molecular weight is 312 g/mol. The minimum Gasteiger partial charge on any atom is -0.480 e. The molecule has 2 aromatic rings. The molecule has 0 fully saturated rings. The first kappa shape index (κ1) is 16.7. The molecule has 120 valence electrons. The summed E-state index contributed by atoms with van der Waals surface area (Å²) in [5.41, 5.74) is 9.28. The van der Waals surface area contributed by atoms with Crippen LogP contribution in [0.1, 0.15) is 27.0 Å². The van der Waals surface area contributed by atoms with Gasteiger partial charge in [-0.1, -0.05) is 24.3 Å². The van der Waals surface area contributed by atoms with E-state index in [9.17, 15) is 14.7 Å². The van der Waals surface area contributed by atoms with Crippen LogP contribution >= 0.6 is 0 Å². The topological polar surface area (TPSA) is 83.6 Å². The van der Waals surface area contributed by atoms with Crippen LogP contribution < -0.4 is 10.6 Å². The molecular weight excluding hydrogens is 292 g/mol. The second-order valence-corrected chi connectivity index (χ2v) is 5.48. The molecule has 0 aliphatic heterocycles. The predicted molar refractivity (Wildman–Crippen MR) is 89.6 cm³/mol. The third kappa shape index (κ3) is 3.96. The summed E-state index contributed by atoms with van der Waals surface area (Å²) in [7, 11) is 0. The van der Waals surface area contributed by atoms with Crippen molar-refractivity contribution in [3.8, 4) is 0 Å². The number of nitrogens with two attached hydrogens (primary N) is 1. The summed E-state index contributed by atoms with van der Waals surface area (Å²) in [6, 6.07) is 12.6. The number of carbonyl (C=O) groups is 2. The fourth-order valence-electron chi connectivity index (χ4n) is 2.40. The number of carboxylic acid groups (broad SMARTS) is 1. The molecule has 0 bridgehead atoms. The summed E-state index contributed by atoms with van der Waals surface area (Å²) in [4.78, 5) is 25.4. The number of carboxylic acids is 1. The Morgan fingerprint density at radius 2 is 1.87 bits per heavy atom. The van der Waals surface area contributed by atoms with Gasteiger partial charge >= 0.3 is 5.97 Å². The number of aryl methyl sites for hydroxylation is 2. The van der Waals surface area contributed by atoms with Gasteiger partial charge in [0.2, 0.25) is 0 Å². The summed E-state index contributed by atoms with van der Waals surface area (Å²) in [6.07, 6.45) is 0. The van der Waals surface area contributed by atoms with Crippen LogP contribution in [0.25, 0.3) is 0 Å². The Hall–Kier alpha value is -2.66. The highest BCUT2D eigenvalue weighted by molar-refractivity contribution is 6.08. The van der Waals surface area contributed by atoms with Gasteiger partial charge in [-0.2, -0.15) is 0 Å². The zero-order valence-corrected chi connectivity index (χ0v) is 13.2. The van der Waals surface area contributed by atoms with E-state index in [0.717, 1.165) is 16.7 Å². The quantitative estimate of drug-likeness (QED) is 0.888. The van der Waals surface area contributed by atoms with Crippen molar-refractivity contribution in [1.29, 1.82) is 0 Å². The first-order valence-corrected chi connectivity index (χ1v) is 7.32. The van der Waals surface area contributed by atoms with Crippen molar-refractivity contribution >= 4 is 17.6 Å². The number of amides is 1. The molecule has 5 heteroatoms. The molecule has 0 unspecified atom stereocenters. The number of carbonyl (C=O) groups excluding carboxylic acids is 1. The molecule has 0 saturated heterocycles. The molecule has 1 amide bonds. The van der Waals surface area contributed by atoms with E-state index in [1.807, 2.05) is 38.1 Å². The molecular formula is C18H20N2O3. The molecule has 0 saturated carbocycles. The van der Waals surface area contributed by atoms with Gasteiger partial charge in [0, 0.05) is 17.8 Å². The number of aliphatic carboxylic acids is 1. The number of hydrogen-bond acceptors (Lipinski definition) is 3. The lowest BCUT2D eigenvalue weighted by atomic mass is 10.1. The zero-order chi connectivity index (χ0) is 17.0. The van der Waals surface area contributed by atoms with Gasteiger partial charge in [-0.25, -0.2) is 0 Å². The van der Waals surface area contributed by atoms with Gasteiger partial charge in [0.25, 0.3) is 5.91 Å². The van der Waals surface area contributed by atoms with E-state index in [1.54, 1.807) is 18.2 Å². The molecule has 0 spiro atoms. The molecule has 5 nitrogen and oxygen atoms in total. The molecule has 23 heavy (non-hydrogen) atoms. The Bertz CT molecular complexity index is 741. The number of rotatable bonds is 5. The molecule has 0 aliphatic carbocycles. The lowest BCUT2D eigenvalue weighted by Crippen LogP contribution is -2.36.